The highest BCUT2D eigenvalue weighted by Gasteiger charge is 2.38. The van der Waals surface area contributed by atoms with Crippen LogP contribution in [0.15, 0.2) is 18.2 Å². The molecule has 1 aliphatic heterocycles. The smallest absolute Gasteiger partial charge is 0.238 e. The molecule has 7 heteroatoms. The van der Waals surface area contributed by atoms with Crippen LogP contribution < -0.4 is 10.1 Å². The average molecular weight is 368 g/mol. The Morgan fingerprint density at radius 3 is 2.80 bits per heavy atom. The molecule has 1 amide bonds. The summed E-state index contributed by atoms with van der Waals surface area (Å²) in [6.07, 6.45) is 1.82. The van der Waals surface area contributed by atoms with Crippen LogP contribution in [-0.2, 0) is 14.8 Å². The fourth-order valence-electron chi connectivity index (χ4n) is 3.29. The molecule has 0 saturated carbocycles. The number of amides is 1. The molecule has 0 spiro atoms. The second kappa shape index (κ2) is 8.19. The summed E-state index contributed by atoms with van der Waals surface area (Å²) in [5, 5.41) is 2.96. The van der Waals surface area contributed by atoms with Crippen LogP contribution in [0.25, 0.3) is 0 Å². The SMILES string of the molecule is CCCS(=O)(=O)N1CCCC1C(=O)NC(C)c1cc(C)ccc1OC. The second-order valence-corrected chi connectivity index (χ2v) is 8.60. The lowest BCUT2D eigenvalue weighted by Crippen LogP contribution is -2.47. The first-order chi connectivity index (χ1) is 11.8. The van der Waals surface area contributed by atoms with E-state index < -0.39 is 16.1 Å². The Hall–Kier alpha value is -1.60. The lowest BCUT2D eigenvalue weighted by molar-refractivity contribution is -0.124. The minimum Gasteiger partial charge on any atom is -0.496 e. The van der Waals surface area contributed by atoms with Crippen LogP contribution in [0.2, 0.25) is 0 Å². The number of benzene rings is 1. The molecule has 140 valence electrons. The van der Waals surface area contributed by atoms with Crippen molar-refractivity contribution in [3.8, 4) is 5.75 Å². The van der Waals surface area contributed by atoms with Gasteiger partial charge in [0.2, 0.25) is 15.9 Å². The van der Waals surface area contributed by atoms with Gasteiger partial charge in [0.15, 0.2) is 0 Å². The number of methoxy groups -OCH3 is 1. The fraction of sp³-hybridized carbons (Fsp3) is 0.611. The van der Waals surface area contributed by atoms with Gasteiger partial charge in [0.05, 0.1) is 18.9 Å². The van der Waals surface area contributed by atoms with Crippen molar-refractivity contribution in [1.29, 1.82) is 0 Å². The molecule has 0 aromatic heterocycles. The molecule has 1 aromatic carbocycles. The molecule has 1 N–H and O–H groups in total. The van der Waals surface area contributed by atoms with Crippen LogP contribution in [0.5, 0.6) is 5.75 Å². The zero-order chi connectivity index (χ0) is 18.6. The maximum absolute atomic E-state index is 12.7. The van der Waals surface area contributed by atoms with Crippen LogP contribution in [0, 0.1) is 6.92 Å². The van der Waals surface area contributed by atoms with Crippen molar-refractivity contribution in [3.05, 3.63) is 29.3 Å². The van der Waals surface area contributed by atoms with Gasteiger partial charge >= 0.3 is 0 Å². The second-order valence-electron chi connectivity index (χ2n) is 6.56. The normalized spacial score (nSPS) is 19.6. The van der Waals surface area contributed by atoms with Crippen molar-refractivity contribution >= 4 is 15.9 Å². The highest BCUT2D eigenvalue weighted by Crippen LogP contribution is 2.27. The highest BCUT2D eigenvalue weighted by molar-refractivity contribution is 7.89. The molecule has 1 fully saturated rings. The number of sulfonamides is 1. The van der Waals surface area contributed by atoms with Crippen molar-refractivity contribution in [1.82, 2.24) is 9.62 Å². The summed E-state index contributed by atoms with van der Waals surface area (Å²) in [5.74, 6) is 0.548. The van der Waals surface area contributed by atoms with Crippen molar-refractivity contribution in [2.75, 3.05) is 19.4 Å². The zero-order valence-electron chi connectivity index (χ0n) is 15.4. The fourth-order valence-corrected chi connectivity index (χ4v) is 5.04. The minimum absolute atomic E-state index is 0.0814. The van der Waals surface area contributed by atoms with Crippen LogP contribution in [-0.4, -0.2) is 44.1 Å². The van der Waals surface area contributed by atoms with Crippen LogP contribution in [0.1, 0.15) is 50.3 Å². The number of ether oxygens (including phenoxy) is 1. The Morgan fingerprint density at radius 2 is 2.16 bits per heavy atom. The van der Waals surface area contributed by atoms with Gasteiger partial charge in [0, 0.05) is 12.1 Å². The predicted octanol–water partition coefficient (Wildman–Crippen LogP) is 2.39. The standard InChI is InChI=1S/C18H28N2O4S/c1-5-11-25(22,23)20-10-6-7-16(20)18(21)19-14(3)15-12-13(2)8-9-17(15)24-4/h8-9,12,14,16H,5-7,10-11H2,1-4H3,(H,19,21). The third kappa shape index (κ3) is 4.52. The van der Waals surface area contributed by atoms with Gasteiger partial charge < -0.3 is 10.1 Å². The van der Waals surface area contributed by atoms with E-state index in [9.17, 15) is 13.2 Å². The first kappa shape index (κ1) is 19.7. The van der Waals surface area contributed by atoms with Gasteiger partial charge in [-0.1, -0.05) is 24.6 Å². The van der Waals surface area contributed by atoms with Crippen LogP contribution in [0.3, 0.4) is 0 Å². The van der Waals surface area contributed by atoms with Gasteiger partial charge in [-0.25, -0.2) is 8.42 Å². The third-order valence-electron chi connectivity index (χ3n) is 4.54. The first-order valence-corrected chi connectivity index (χ1v) is 10.4. The van der Waals surface area contributed by atoms with Gasteiger partial charge in [0.1, 0.15) is 11.8 Å². The average Bonchev–Trinajstić information content (AvgIpc) is 3.05. The Morgan fingerprint density at radius 1 is 1.44 bits per heavy atom. The van der Waals surface area contributed by atoms with Crippen LogP contribution >= 0.6 is 0 Å². The van der Waals surface area contributed by atoms with E-state index in [0.717, 1.165) is 11.1 Å². The van der Waals surface area contributed by atoms with Crippen molar-refractivity contribution in [3.63, 3.8) is 0 Å². The van der Waals surface area contributed by atoms with Gasteiger partial charge in [-0.05, 0) is 39.2 Å². The molecule has 0 bridgehead atoms. The number of carbonyl (C=O) groups is 1. The molecule has 0 aliphatic carbocycles. The topological polar surface area (TPSA) is 75.7 Å². The van der Waals surface area contributed by atoms with E-state index in [1.165, 1.54) is 4.31 Å². The number of hydrogen-bond donors (Lipinski definition) is 1. The Bertz CT molecular complexity index is 718. The largest absolute Gasteiger partial charge is 0.496 e. The van der Waals surface area contributed by atoms with Crippen molar-refractivity contribution in [2.45, 2.75) is 52.1 Å². The summed E-state index contributed by atoms with van der Waals surface area (Å²) in [6.45, 7) is 6.11. The Labute approximate surface area is 150 Å². The summed E-state index contributed by atoms with van der Waals surface area (Å²) in [7, 11) is -1.78. The predicted molar refractivity (Wildman–Crippen MR) is 98.1 cm³/mol. The maximum Gasteiger partial charge on any atom is 0.238 e. The van der Waals surface area contributed by atoms with E-state index in [1.807, 2.05) is 39.0 Å². The summed E-state index contributed by atoms with van der Waals surface area (Å²) >= 11 is 0. The number of nitrogens with zero attached hydrogens (tertiary/aromatic N) is 1. The first-order valence-electron chi connectivity index (χ1n) is 8.74. The maximum atomic E-state index is 12.7. The molecule has 2 rings (SSSR count). The molecule has 2 unspecified atom stereocenters. The minimum atomic E-state index is -3.38. The van der Waals surface area contributed by atoms with E-state index in [2.05, 4.69) is 5.32 Å². The summed E-state index contributed by atoms with van der Waals surface area (Å²) in [4.78, 5) is 12.7. The molecule has 1 aromatic rings. The van der Waals surface area contributed by atoms with E-state index in [4.69, 9.17) is 4.74 Å². The molecular formula is C18H28N2O4S. The number of nitrogens with one attached hydrogen (secondary N) is 1. The molecule has 0 radical (unpaired) electrons. The molecule has 25 heavy (non-hydrogen) atoms. The monoisotopic (exact) mass is 368 g/mol. The summed E-state index contributed by atoms with van der Waals surface area (Å²) in [5.41, 5.74) is 1.96. The van der Waals surface area contributed by atoms with Crippen molar-refractivity contribution < 1.29 is 17.9 Å². The lowest BCUT2D eigenvalue weighted by Gasteiger charge is -2.25. The Balaban J connectivity index is 2.15. The van der Waals surface area contributed by atoms with Gasteiger partial charge in [-0.15, -0.1) is 0 Å². The molecular weight excluding hydrogens is 340 g/mol. The number of hydrogen-bond acceptors (Lipinski definition) is 4. The van der Waals surface area contributed by atoms with Gasteiger partial charge in [-0.3, -0.25) is 4.79 Å². The Kier molecular flexibility index (Phi) is 6.46. The van der Waals surface area contributed by atoms with Gasteiger partial charge in [0.25, 0.3) is 0 Å². The van der Waals surface area contributed by atoms with Gasteiger partial charge in [-0.2, -0.15) is 4.31 Å². The van der Waals surface area contributed by atoms with E-state index in [-0.39, 0.29) is 17.7 Å². The molecule has 1 aliphatic rings. The molecule has 2 atom stereocenters. The third-order valence-corrected chi connectivity index (χ3v) is 6.61. The lowest BCUT2D eigenvalue weighted by atomic mass is 10.0. The number of rotatable bonds is 7. The van der Waals surface area contributed by atoms with E-state index in [0.29, 0.717) is 31.6 Å². The summed E-state index contributed by atoms with van der Waals surface area (Å²) < 4.78 is 31.5. The van der Waals surface area contributed by atoms with E-state index in [1.54, 1.807) is 7.11 Å². The van der Waals surface area contributed by atoms with Crippen LogP contribution in [0.4, 0.5) is 0 Å². The molecule has 6 nitrogen and oxygen atoms in total. The molecule has 1 saturated heterocycles. The summed E-state index contributed by atoms with van der Waals surface area (Å²) in [6, 6.07) is 4.92. The quantitative estimate of drug-likeness (QED) is 0.802. The zero-order valence-corrected chi connectivity index (χ0v) is 16.2. The number of aryl methyl sites for hydroxylation is 1. The number of carbonyl (C=O) groups excluding carboxylic acids is 1. The van der Waals surface area contributed by atoms with Crippen molar-refractivity contribution in [2.24, 2.45) is 0 Å². The molecule has 1 heterocycles. The van der Waals surface area contributed by atoms with E-state index >= 15 is 0 Å². The highest BCUT2D eigenvalue weighted by atomic mass is 32.2.